The smallest absolute Gasteiger partial charge is 0.0831 e. The lowest BCUT2D eigenvalue weighted by Gasteiger charge is -2.35. The van der Waals surface area contributed by atoms with E-state index in [4.69, 9.17) is 0 Å². The van der Waals surface area contributed by atoms with Gasteiger partial charge in [-0.05, 0) is 31.8 Å². The first-order chi connectivity index (χ1) is 6.27. The molecule has 0 spiro atoms. The molecule has 2 aliphatic rings. The SMILES string of the molecule is CC1CCN([C@@H]2CNC[C@H]2O)CC1.Cl. The summed E-state index contributed by atoms with van der Waals surface area (Å²) in [5.41, 5.74) is 0. The van der Waals surface area contributed by atoms with Gasteiger partial charge in [-0.2, -0.15) is 0 Å². The van der Waals surface area contributed by atoms with E-state index in [1.165, 1.54) is 25.9 Å². The minimum absolute atomic E-state index is 0. The highest BCUT2D eigenvalue weighted by Gasteiger charge is 2.31. The van der Waals surface area contributed by atoms with Crippen LogP contribution in [0.4, 0.5) is 0 Å². The third-order valence-corrected chi connectivity index (χ3v) is 3.44. The van der Waals surface area contributed by atoms with E-state index in [-0.39, 0.29) is 18.5 Å². The molecule has 4 heteroatoms. The van der Waals surface area contributed by atoms with Crippen molar-refractivity contribution in [3.8, 4) is 0 Å². The maximum absolute atomic E-state index is 9.70. The van der Waals surface area contributed by atoms with Crippen LogP contribution in [-0.2, 0) is 0 Å². The monoisotopic (exact) mass is 220 g/mol. The van der Waals surface area contributed by atoms with Crippen LogP contribution in [-0.4, -0.2) is 48.3 Å². The van der Waals surface area contributed by atoms with Crippen LogP contribution in [0.15, 0.2) is 0 Å². The van der Waals surface area contributed by atoms with E-state index in [1.807, 2.05) is 0 Å². The van der Waals surface area contributed by atoms with E-state index in [2.05, 4.69) is 17.1 Å². The summed E-state index contributed by atoms with van der Waals surface area (Å²) in [6.07, 6.45) is 2.44. The highest BCUT2D eigenvalue weighted by molar-refractivity contribution is 5.85. The zero-order chi connectivity index (χ0) is 9.26. The van der Waals surface area contributed by atoms with Crippen LogP contribution in [0.1, 0.15) is 19.8 Å². The van der Waals surface area contributed by atoms with Gasteiger partial charge >= 0.3 is 0 Å². The van der Waals surface area contributed by atoms with Crippen molar-refractivity contribution in [1.82, 2.24) is 10.2 Å². The van der Waals surface area contributed by atoms with Crippen molar-refractivity contribution in [3.05, 3.63) is 0 Å². The molecule has 0 unspecified atom stereocenters. The van der Waals surface area contributed by atoms with Crippen LogP contribution in [0.5, 0.6) is 0 Å². The summed E-state index contributed by atoms with van der Waals surface area (Å²) in [5, 5.41) is 12.9. The lowest BCUT2D eigenvalue weighted by Crippen LogP contribution is -2.46. The molecule has 14 heavy (non-hydrogen) atoms. The molecule has 0 aromatic carbocycles. The predicted octanol–water partition coefficient (Wildman–Crippen LogP) is 0.473. The fourth-order valence-electron chi connectivity index (χ4n) is 2.38. The second-order valence-electron chi connectivity index (χ2n) is 4.51. The number of aliphatic hydroxyl groups is 1. The maximum atomic E-state index is 9.70. The van der Waals surface area contributed by atoms with E-state index < -0.39 is 0 Å². The fourth-order valence-corrected chi connectivity index (χ4v) is 2.38. The average Bonchev–Trinajstić information content (AvgIpc) is 2.53. The topological polar surface area (TPSA) is 35.5 Å². The van der Waals surface area contributed by atoms with Gasteiger partial charge in [0, 0.05) is 19.1 Å². The van der Waals surface area contributed by atoms with Crippen LogP contribution < -0.4 is 5.32 Å². The molecule has 2 saturated heterocycles. The number of halogens is 1. The third-order valence-electron chi connectivity index (χ3n) is 3.44. The third kappa shape index (κ3) is 2.60. The lowest BCUT2D eigenvalue weighted by atomic mass is 9.97. The number of hydrogen-bond donors (Lipinski definition) is 2. The standard InChI is InChI=1S/C10H20N2O.ClH/c1-8-2-4-12(5-3-8)9-6-11-7-10(9)13;/h8-11,13H,2-7H2,1H3;1H/t9-,10-;/m1./s1. The first-order valence-electron chi connectivity index (χ1n) is 5.40. The minimum Gasteiger partial charge on any atom is -0.390 e. The van der Waals surface area contributed by atoms with E-state index in [9.17, 15) is 5.11 Å². The number of β-amino-alcohol motifs (C(OH)–C–C–N with tert-alkyl or cyclic N) is 1. The van der Waals surface area contributed by atoms with Crippen molar-refractivity contribution in [2.24, 2.45) is 5.92 Å². The first kappa shape index (κ1) is 12.2. The number of likely N-dealkylation sites (tertiary alicyclic amines) is 1. The molecule has 0 aromatic heterocycles. The van der Waals surface area contributed by atoms with E-state index in [1.54, 1.807) is 0 Å². The van der Waals surface area contributed by atoms with E-state index in [0.29, 0.717) is 6.04 Å². The molecule has 0 amide bonds. The average molecular weight is 221 g/mol. The molecule has 0 radical (unpaired) electrons. The van der Waals surface area contributed by atoms with Crippen LogP contribution >= 0.6 is 12.4 Å². The van der Waals surface area contributed by atoms with Gasteiger partial charge in [-0.25, -0.2) is 0 Å². The predicted molar refractivity (Wildman–Crippen MR) is 59.9 cm³/mol. The second-order valence-corrected chi connectivity index (χ2v) is 4.51. The van der Waals surface area contributed by atoms with Crippen molar-refractivity contribution >= 4 is 12.4 Å². The van der Waals surface area contributed by atoms with Gasteiger partial charge in [0.05, 0.1) is 6.10 Å². The van der Waals surface area contributed by atoms with Gasteiger partial charge < -0.3 is 10.4 Å². The molecule has 84 valence electrons. The van der Waals surface area contributed by atoms with Crippen molar-refractivity contribution in [2.75, 3.05) is 26.2 Å². The molecular formula is C10H21ClN2O. The Balaban J connectivity index is 0.000000980. The number of rotatable bonds is 1. The number of nitrogens with one attached hydrogen (secondary N) is 1. The molecule has 0 aliphatic carbocycles. The Morgan fingerprint density at radius 1 is 1.21 bits per heavy atom. The number of nitrogens with zero attached hydrogens (tertiary/aromatic N) is 1. The Morgan fingerprint density at radius 2 is 1.86 bits per heavy atom. The van der Waals surface area contributed by atoms with Crippen LogP contribution in [0.3, 0.4) is 0 Å². The lowest BCUT2D eigenvalue weighted by molar-refractivity contribution is 0.0609. The number of piperidine rings is 1. The fraction of sp³-hybridized carbons (Fsp3) is 1.00. The summed E-state index contributed by atoms with van der Waals surface area (Å²) >= 11 is 0. The summed E-state index contributed by atoms with van der Waals surface area (Å²) in [7, 11) is 0. The van der Waals surface area contributed by atoms with Crippen LogP contribution in [0.2, 0.25) is 0 Å². The Bertz CT molecular complexity index is 172. The highest BCUT2D eigenvalue weighted by atomic mass is 35.5. The zero-order valence-electron chi connectivity index (χ0n) is 8.78. The molecule has 2 N–H and O–H groups in total. The van der Waals surface area contributed by atoms with E-state index in [0.717, 1.165) is 19.0 Å². The molecule has 2 atom stereocenters. The van der Waals surface area contributed by atoms with Gasteiger partial charge in [0.1, 0.15) is 0 Å². The summed E-state index contributed by atoms with van der Waals surface area (Å²) in [4.78, 5) is 2.45. The molecule has 0 saturated carbocycles. The second kappa shape index (κ2) is 5.31. The zero-order valence-corrected chi connectivity index (χ0v) is 9.59. The molecule has 2 aliphatic heterocycles. The van der Waals surface area contributed by atoms with Crippen molar-refractivity contribution in [3.63, 3.8) is 0 Å². The van der Waals surface area contributed by atoms with Gasteiger partial charge in [-0.1, -0.05) is 6.92 Å². The Hall–Kier alpha value is 0.170. The van der Waals surface area contributed by atoms with Crippen LogP contribution in [0, 0.1) is 5.92 Å². The summed E-state index contributed by atoms with van der Waals surface area (Å²) in [6.45, 7) is 6.40. The minimum atomic E-state index is -0.145. The van der Waals surface area contributed by atoms with Gasteiger partial charge in [0.25, 0.3) is 0 Å². The van der Waals surface area contributed by atoms with Gasteiger partial charge in [0.15, 0.2) is 0 Å². The molecule has 2 fully saturated rings. The molecule has 3 nitrogen and oxygen atoms in total. The normalized spacial score (nSPS) is 35.6. The van der Waals surface area contributed by atoms with Crippen molar-refractivity contribution in [1.29, 1.82) is 0 Å². The number of aliphatic hydroxyl groups excluding tert-OH is 1. The Morgan fingerprint density at radius 3 is 2.36 bits per heavy atom. The Kier molecular flexibility index (Phi) is 4.64. The summed E-state index contributed by atoms with van der Waals surface area (Å²) in [5.74, 6) is 0.878. The Labute approximate surface area is 92.3 Å². The number of hydrogen-bond acceptors (Lipinski definition) is 3. The quantitative estimate of drug-likeness (QED) is 0.675. The summed E-state index contributed by atoms with van der Waals surface area (Å²) < 4.78 is 0. The molecule has 0 bridgehead atoms. The van der Waals surface area contributed by atoms with Crippen LogP contribution in [0.25, 0.3) is 0 Å². The van der Waals surface area contributed by atoms with Crippen molar-refractivity contribution in [2.45, 2.75) is 31.9 Å². The maximum Gasteiger partial charge on any atom is 0.0831 e. The van der Waals surface area contributed by atoms with Crippen molar-refractivity contribution < 1.29 is 5.11 Å². The van der Waals surface area contributed by atoms with E-state index >= 15 is 0 Å². The van der Waals surface area contributed by atoms with Gasteiger partial charge in [0.2, 0.25) is 0 Å². The molecular weight excluding hydrogens is 200 g/mol. The highest BCUT2D eigenvalue weighted by Crippen LogP contribution is 2.20. The molecule has 2 heterocycles. The van der Waals surface area contributed by atoms with Gasteiger partial charge in [-0.3, -0.25) is 4.90 Å². The molecule has 0 aromatic rings. The first-order valence-corrected chi connectivity index (χ1v) is 5.40. The molecule has 2 rings (SSSR count). The summed E-state index contributed by atoms with van der Waals surface area (Å²) in [6, 6.07) is 0.382. The van der Waals surface area contributed by atoms with Gasteiger partial charge in [-0.15, -0.1) is 12.4 Å². The largest absolute Gasteiger partial charge is 0.390 e.